The number of nitrogens with two attached hydrogens (primary N) is 1. The lowest BCUT2D eigenvalue weighted by Gasteiger charge is -2.25. The van der Waals surface area contributed by atoms with Crippen LogP contribution in [0.3, 0.4) is 0 Å². The van der Waals surface area contributed by atoms with Crippen LogP contribution in [0.25, 0.3) is 0 Å². The Bertz CT molecular complexity index is 465. The second kappa shape index (κ2) is 6.26. The van der Waals surface area contributed by atoms with Crippen molar-refractivity contribution in [1.29, 1.82) is 0 Å². The number of amides is 1. The van der Waals surface area contributed by atoms with Gasteiger partial charge in [0, 0.05) is 17.6 Å². The van der Waals surface area contributed by atoms with E-state index in [9.17, 15) is 4.79 Å². The molecular weight excluding hydrogens is 264 g/mol. The van der Waals surface area contributed by atoms with E-state index in [1.807, 2.05) is 0 Å². The molecule has 19 heavy (non-hydrogen) atoms. The topological polar surface area (TPSA) is 64.3 Å². The molecule has 0 spiro atoms. The molecular formula is C14H19ClN2O2. The van der Waals surface area contributed by atoms with Crippen LogP contribution in [0, 0.1) is 5.92 Å². The fourth-order valence-electron chi connectivity index (χ4n) is 2.45. The van der Waals surface area contributed by atoms with Gasteiger partial charge in [-0.25, -0.2) is 0 Å². The van der Waals surface area contributed by atoms with E-state index in [-0.39, 0.29) is 17.9 Å². The highest BCUT2D eigenvalue weighted by Gasteiger charge is 2.25. The Hall–Kier alpha value is -1.26. The molecule has 1 aromatic carbocycles. The Labute approximate surface area is 118 Å². The minimum Gasteiger partial charge on any atom is -0.495 e. The van der Waals surface area contributed by atoms with E-state index in [2.05, 4.69) is 5.32 Å². The van der Waals surface area contributed by atoms with Crippen molar-refractivity contribution in [2.75, 3.05) is 12.4 Å². The molecule has 4 nitrogen and oxygen atoms in total. The molecule has 0 aliphatic heterocycles. The zero-order valence-corrected chi connectivity index (χ0v) is 11.7. The molecule has 0 aromatic heterocycles. The smallest absolute Gasteiger partial charge is 0.227 e. The standard InChI is InChI=1S/C14H19ClN2O2/c1-19-13-6-5-11(8-12(13)15)17-14(18)9-3-2-4-10(16)7-9/h5-6,8-10H,2-4,7,16H2,1H3,(H,17,18). The van der Waals surface area contributed by atoms with Crippen LogP contribution in [0.1, 0.15) is 25.7 Å². The van der Waals surface area contributed by atoms with Gasteiger partial charge in [-0.05, 0) is 37.5 Å². The number of methoxy groups -OCH3 is 1. The minimum atomic E-state index is 0.00428. The maximum Gasteiger partial charge on any atom is 0.227 e. The first-order chi connectivity index (χ1) is 9.10. The number of ether oxygens (including phenoxy) is 1. The van der Waals surface area contributed by atoms with Crippen LogP contribution in [0.5, 0.6) is 5.75 Å². The molecule has 1 amide bonds. The quantitative estimate of drug-likeness (QED) is 0.896. The van der Waals surface area contributed by atoms with Gasteiger partial charge in [-0.1, -0.05) is 18.0 Å². The Morgan fingerprint density at radius 2 is 2.26 bits per heavy atom. The zero-order valence-electron chi connectivity index (χ0n) is 11.0. The third kappa shape index (κ3) is 3.61. The molecule has 0 bridgehead atoms. The normalized spacial score (nSPS) is 22.9. The number of carbonyl (C=O) groups excluding carboxylic acids is 1. The number of hydrogen-bond acceptors (Lipinski definition) is 3. The van der Waals surface area contributed by atoms with Crippen molar-refractivity contribution in [3.63, 3.8) is 0 Å². The monoisotopic (exact) mass is 282 g/mol. The maximum absolute atomic E-state index is 12.1. The van der Waals surface area contributed by atoms with Crippen molar-refractivity contribution in [3.8, 4) is 5.75 Å². The number of anilines is 1. The van der Waals surface area contributed by atoms with Crippen LogP contribution in [-0.2, 0) is 4.79 Å². The molecule has 1 aromatic rings. The van der Waals surface area contributed by atoms with E-state index < -0.39 is 0 Å². The van der Waals surface area contributed by atoms with Crippen LogP contribution >= 0.6 is 11.6 Å². The fourth-order valence-corrected chi connectivity index (χ4v) is 2.71. The van der Waals surface area contributed by atoms with Crippen molar-refractivity contribution in [1.82, 2.24) is 0 Å². The minimum absolute atomic E-state index is 0.00428. The Balaban J connectivity index is 2.00. The predicted molar refractivity (Wildman–Crippen MR) is 76.6 cm³/mol. The van der Waals surface area contributed by atoms with Gasteiger partial charge < -0.3 is 15.8 Å². The molecule has 5 heteroatoms. The van der Waals surface area contributed by atoms with Crippen molar-refractivity contribution in [2.45, 2.75) is 31.7 Å². The Kier molecular flexibility index (Phi) is 4.66. The van der Waals surface area contributed by atoms with E-state index >= 15 is 0 Å². The molecule has 1 aliphatic carbocycles. The second-order valence-corrected chi connectivity index (χ2v) is 5.37. The molecule has 3 N–H and O–H groups in total. The number of hydrogen-bond donors (Lipinski definition) is 2. The average Bonchev–Trinajstić information content (AvgIpc) is 2.39. The molecule has 104 valence electrons. The second-order valence-electron chi connectivity index (χ2n) is 4.96. The van der Waals surface area contributed by atoms with Crippen molar-refractivity contribution in [2.24, 2.45) is 11.7 Å². The van der Waals surface area contributed by atoms with Gasteiger partial charge in [-0.15, -0.1) is 0 Å². The molecule has 1 fully saturated rings. The molecule has 0 saturated heterocycles. The molecule has 1 aliphatic rings. The van der Waals surface area contributed by atoms with Gasteiger partial charge in [0.15, 0.2) is 0 Å². The van der Waals surface area contributed by atoms with Gasteiger partial charge >= 0.3 is 0 Å². The number of nitrogens with one attached hydrogen (secondary N) is 1. The first-order valence-electron chi connectivity index (χ1n) is 6.50. The van der Waals surface area contributed by atoms with Gasteiger partial charge in [0.1, 0.15) is 5.75 Å². The summed E-state index contributed by atoms with van der Waals surface area (Å²) < 4.78 is 5.07. The summed E-state index contributed by atoms with van der Waals surface area (Å²) >= 11 is 6.03. The Morgan fingerprint density at radius 3 is 2.89 bits per heavy atom. The highest BCUT2D eigenvalue weighted by molar-refractivity contribution is 6.32. The number of halogens is 1. The molecule has 1 saturated carbocycles. The largest absolute Gasteiger partial charge is 0.495 e. The molecule has 0 radical (unpaired) electrons. The van der Waals surface area contributed by atoms with Gasteiger partial charge in [0.2, 0.25) is 5.91 Å². The highest BCUT2D eigenvalue weighted by atomic mass is 35.5. The summed E-state index contributed by atoms with van der Waals surface area (Å²) in [5, 5.41) is 3.38. The molecule has 2 rings (SSSR count). The summed E-state index contributed by atoms with van der Waals surface area (Å²) in [7, 11) is 1.56. The SMILES string of the molecule is COc1ccc(NC(=O)C2CCCC(N)C2)cc1Cl. The first-order valence-corrected chi connectivity index (χ1v) is 6.88. The van der Waals surface area contributed by atoms with E-state index in [0.29, 0.717) is 16.5 Å². The lowest BCUT2D eigenvalue weighted by Crippen LogP contribution is -2.34. The van der Waals surface area contributed by atoms with E-state index in [0.717, 1.165) is 25.7 Å². The lowest BCUT2D eigenvalue weighted by molar-refractivity contribution is -0.120. The maximum atomic E-state index is 12.1. The Morgan fingerprint density at radius 1 is 1.47 bits per heavy atom. The van der Waals surface area contributed by atoms with E-state index in [1.165, 1.54) is 0 Å². The van der Waals surface area contributed by atoms with E-state index in [4.69, 9.17) is 22.1 Å². The van der Waals surface area contributed by atoms with E-state index in [1.54, 1.807) is 25.3 Å². The van der Waals surface area contributed by atoms with Gasteiger partial charge in [-0.3, -0.25) is 4.79 Å². The van der Waals surface area contributed by atoms with Crippen LogP contribution in [0.15, 0.2) is 18.2 Å². The van der Waals surface area contributed by atoms with Crippen LogP contribution in [0.2, 0.25) is 5.02 Å². The first kappa shape index (κ1) is 14.2. The number of carbonyl (C=O) groups is 1. The molecule has 2 unspecified atom stereocenters. The summed E-state index contributed by atoms with van der Waals surface area (Å²) in [6.45, 7) is 0. The predicted octanol–water partition coefficient (Wildman–Crippen LogP) is 2.80. The number of benzene rings is 1. The van der Waals surface area contributed by atoms with Crippen LogP contribution in [0.4, 0.5) is 5.69 Å². The molecule has 2 atom stereocenters. The van der Waals surface area contributed by atoms with Crippen molar-refractivity contribution >= 4 is 23.2 Å². The zero-order chi connectivity index (χ0) is 13.8. The summed E-state index contributed by atoms with van der Waals surface area (Å²) in [5.41, 5.74) is 6.59. The fraction of sp³-hybridized carbons (Fsp3) is 0.500. The summed E-state index contributed by atoms with van der Waals surface area (Å²) in [4.78, 5) is 12.1. The summed E-state index contributed by atoms with van der Waals surface area (Å²) in [6.07, 6.45) is 3.69. The van der Waals surface area contributed by atoms with Crippen molar-refractivity contribution < 1.29 is 9.53 Å². The average molecular weight is 283 g/mol. The van der Waals surface area contributed by atoms with Crippen molar-refractivity contribution in [3.05, 3.63) is 23.2 Å². The summed E-state index contributed by atoms with van der Waals surface area (Å²) in [5.74, 6) is 0.625. The highest BCUT2D eigenvalue weighted by Crippen LogP contribution is 2.29. The van der Waals surface area contributed by atoms with Crippen LogP contribution in [-0.4, -0.2) is 19.1 Å². The lowest BCUT2D eigenvalue weighted by atomic mass is 9.85. The van der Waals surface area contributed by atoms with Gasteiger partial charge in [-0.2, -0.15) is 0 Å². The summed E-state index contributed by atoms with van der Waals surface area (Å²) in [6, 6.07) is 5.36. The third-order valence-electron chi connectivity index (χ3n) is 3.50. The van der Waals surface area contributed by atoms with Crippen LogP contribution < -0.4 is 15.8 Å². The number of rotatable bonds is 3. The molecule has 0 heterocycles. The van der Waals surface area contributed by atoms with Gasteiger partial charge in [0.25, 0.3) is 0 Å². The third-order valence-corrected chi connectivity index (χ3v) is 3.80. The van der Waals surface area contributed by atoms with Gasteiger partial charge in [0.05, 0.1) is 12.1 Å².